The first kappa shape index (κ1) is 12.0. The fourth-order valence-corrected chi connectivity index (χ4v) is 1.05. The van der Waals surface area contributed by atoms with Crippen molar-refractivity contribution >= 4 is 11.6 Å². The Balaban J connectivity index is 2.79. The van der Waals surface area contributed by atoms with E-state index < -0.39 is 11.6 Å². The molecule has 0 N–H and O–H groups in total. The van der Waals surface area contributed by atoms with Gasteiger partial charge in [0.25, 0.3) is 11.6 Å². The van der Waals surface area contributed by atoms with Crippen LogP contribution in [0.4, 0.5) is 0 Å². The third-order valence-electron chi connectivity index (χ3n) is 1.72. The van der Waals surface area contributed by atoms with Crippen molar-refractivity contribution in [1.29, 1.82) is 0 Å². The molecule has 0 saturated carbocycles. The maximum Gasteiger partial charge on any atom is 0.271 e. The summed E-state index contributed by atoms with van der Waals surface area (Å²) < 4.78 is 9.89. The molecule has 1 aromatic heterocycles. The summed E-state index contributed by atoms with van der Waals surface area (Å²) >= 11 is 0. The van der Waals surface area contributed by atoms with Crippen molar-refractivity contribution in [3.05, 3.63) is 48.3 Å². The first-order chi connectivity index (χ1) is 7.41. The van der Waals surface area contributed by atoms with Crippen LogP contribution in [0.15, 0.2) is 41.2 Å². The molecule has 0 aliphatic carbocycles. The Hall–Kier alpha value is -2.10. The monoisotopic (exact) mass is 220 g/mol. The number of aryl methyl sites for hydroxylation is 1. The van der Waals surface area contributed by atoms with Crippen LogP contribution >= 0.6 is 0 Å². The van der Waals surface area contributed by atoms with Crippen molar-refractivity contribution in [2.75, 3.05) is 0 Å². The summed E-state index contributed by atoms with van der Waals surface area (Å²) in [6.07, 6.45) is 0. The second kappa shape index (κ2) is 4.61. The van der Waals surface area contributed by atoms with Gasteiger partial charge in [0, 0.05) is 0 Å². The second-order valence-electron chi connectivity index (χ2n) is 3.30. The number of rotatable bonds is 5. The van der Waals surface area contributed by atoms with Crippen molar-refractivity contribution in [2.24, 2.45) is 0 Å². The van der Waals surface area contributed by atoms with E-state index in [2.05, 4.69) is 13.2 Å². The lowest BCUT2D eigenvalue weighted by Crippen LogP contribution is -2.16. The van der Waals surface area contributed by atoms with Crippen LogP contribution in [-0.4, -0.2) is 11.6 Å². The smallest absolute Gasteiger partial charge is 0.271 e. The van der Waals surface area contributed by atoms with Crippen LogP contribution in [0.1, 0.15) is 23.2 Å². The maximum absolute atomic E-state index is 11.6. The summed E-state index contributed by atoms with van der Waals surface area (Å²) in [6, 6.07) is 3.03. The molecular weight excluding hydrogens is 208 g/mol. The molecule has 1 rings (SSSR count). The Bertz CT molecular complexity index is 465. The topological polar surface area (TPSA) is 56.5 Å². The van der Waals surface area contributed by atoms with Crippen molar-refractivity contribution in [1.82, 2.24) is 0 Å². The Morgan fingerprint density at radius 3 is 2.38 bits per heavy atom. The Morgan fingerprint density at radius 2 is 1.94 bits per heavy atom. The van der Waals surface area contributed by atoms with Gasteiger partial charge < -0.3 is 9.15 Å². The molecule has 4 heteroatoms. The van der Waals surface area contributed by atoms with E-state index in [4.69, 9.17) is 9.15 Å². The maximum atomic E-state index is 11.6. The summed E-state index contributed by atoms with van der Waals surface area (Å²) in [7, 11) is 0. The quantitative estimate of drug-likeness (QED) is 0.331. The fraction of sp³-hybridized carbons (Fsp3) is 0.167. The Morgan fingerprint density at radius 1 is 1.31 bits per heavy atom. The molecule has 0 saturated heterocycles. The van der Waals surface area contributed by atoms with Gasteiger partial charge in [0.05, 0.1) is 5.76 Å². The summed E-state index contributed by atoms with van der Waals surface area (Å²) in [5.74, 6) is -1.04. The number of ether oxygens (including phenoxy) is 1. The predicted molar refractivity (Wildman–Crippen MR) is 57.8 cm³/mol. The summed E-state index contributed by atoms with van der Waals surface area (Å²) in [6.45, 7) is 10.0. The highest BCUT2D eigenvalue weighted by Gasteiger charge is 2.23. The lowest BCUT2D eigenvalue weighted by Gasteiger charge is -2.04. The van der Waals surface area contributed by atoms with E-state index in [1.807, 2.05) is 0 Å². The highest BCUT2D eigenvalue weighted by atomic mass is 16.5. The lowest BCUT2D eigenvalue weighted by molar-refractivity contribution is -0.114. The van der Waals surface area contributed by atoms with Gasteiger partial charge in [-0.25, -0.2) is 0 Å². The van der Waals surface area contributed by atoms with Gasteiger partial charge in [-0.15, -0.1) is 0 Å². The van der Waals surface area contributed by atoms with E-state index in [0.29, 0.717) is 11.5 Å². The number of furan rings is 1. The molecule has 84 valence electrons. The molecule has 1 aromatic rings. The molecular formula is C12H12O4. The molecule has 0 bridgehead atoms. The Kier molecular flexibility index (Phi) is 3.45. The first-order valence-electron chi connectivity index (χ1n) is 4.59. The standard InChI is InChI=1S/C12H12O4/c1-7(2)15-9(4)11(13)12(14)10-6-5-8(3)16-10/h5-6H,1,4H2,2-3H3. The van der Waals surface area contributed by atoms with E-state index in [-0.39, 0.29) is 11.5 Å². The number of carbonyl (C=O) groups excluding carboxylic acids is 2. The van der Waals surface area contributed by atoms with Crippen LogP contribution in [-0.2, 0) is 9.53 Å². The van der Waals surface area contributed by atoms with Gasteiger partial charge in [0.2, 0.25) is 0 Å². The van der Waals surface area contributed by atoms with Crippen LogP contribution < -0.4 is 0 Å². The first-order valence-corrected chi connectivity index (χ1v) is 4.59. The van der Waals surface area contributed by atoms with Crippen molar-refractivity contribution in [3.8, 4) is 0 Å². The summed E-state index contributed by atoms with van der Waals surface area (Å²) in [5.41, 5.74) is 0. The number of hydrogen-bond acceptors (Lipinski definition) is 4. The highest BCUT2D eigenvalue weighted by molar-refractivity contribution is 6.47. The minimum atomic E-state index is -0.836. The zero-order valence-electron chi connectivity index (χ0n) is 9.20. The molecule has 0 fully saturated rings. The van der Waals surface area contributed by atoms with E-state index in [1.54, 1.807) is 19.9 Å². The SMILES string of the molecule is C=C(C)OC(=C)C(=O)C(=O)c1ccc(C)o1. The van der Waals surface area contributed by atoms with Crippen LogP contribution in [0.5, 0.6) is 0 Å². The van der Waals surface area contributed by atoms with Crippen LogP contribution in [0, 0.1) is 6.92 Å². The van der Waals surface area contributed by atoms with Gasteiger partial charge in [0.15, 0.2) is 11.5 Å². The third-order valence-corrected chi connectivity index (χ3v) is 1.72. The number of carbonyl (C=O) groups is 2. The molecule has 0 radical (unpaired) electrons. The molecule has 0 aliphatic heterocycles. The largest absolute Gasteiger partial charge is 0.459 e. The fourth-order valence-electron chi connectivity index (χ4n) is 1.05. The number of ketones is 2. The van der Waals surface area contributed by atoms with Gasteiger partial charge in [-0.05, 0) is 26.0 Å². The molecule has 16 heavy (non-hydrogen) atoms. The van der Waals surface area contributed by atoms with Crippen LogP contribution in [0.3, 0.4) is 0 Å². The van der Waals surface area contributed by atoms with E-state index >= 15 is 0 Å². The summed E-state index contributed by atoms with van der Waals surface area (Å²) in [5, 5.41) is 0. The molecule has 0 amide bonds. The minimum Gasteiger partial charge on any atom is -0.459 e. The van der Waals surface area contributed by atoms with Crippen molar-refractivity contribution in [2.45, 2.75) is 13.8 Å². The molecule has 4 nitrogen and oxygen atoms in total. The highest BCUT2D eigenvalue weighted by Crippen LogP contribution is 2.11. The van der Waals surface area contributed by atoms with E-state index in [9.17, 15) is 9.59 Å². The molecule has 0 spiro atoms. The van der Waals surface area contributed by atoms with Crippen LogP contribution in [0.25, 0.3) is 0 Å². The average molecular weight is 220 g/mol. The predicted octanol–water partition coefficient (Wildman–Crippen LogP) is 2.40. The molecule has 0 aliphatic rings. The van der Waals surface area contributed by atoms with Gasteiger partial charge >= 0.3 is 0 Å². The second-order valence-corrected chi connectivity index (χ2v) is 3.30. The zero-order valence-corrected chi connectivity index (χ0v) is 9.20. The van der Waals surface area contributed by atoms with Crippen molar-refractivity contribution in [3.63, 3.8) is 0 Å². The van der Waals surface area contributed by atoms with E-state index in [1.165, 1.54) is 6.07 Å². The summed E-state index contributed by atoms with van der Waals surface area (Å²) in [4.78, 5) is 23.1. The van der Waals surface area contributed by atoms with Gasteiger partial charge in [-0.2, -0.15) is 0 Å². The molecule has 0 atom stereocenters. The number of allylic oxidation sites excluding steroid dienone is 2. The molecule has 0 unspecified atom stereocenters. The van der Waals surface area contributed by atoms with Gasteiger partial charge in [0.1, 0.15) is 5.76 Å². The van der Waals surface area contributed by atoms with E-state index in [0.717, 1.165) is 0 Å². The zero-order chi connectivity index (χ0) is 12.3. The molecule has 0 aromatic carbocycles. The third kappa shape index (κ3) is 2.70. The number of Topliss-reactive ketones (excluding diaryl/α,β-unsaturated/α-hetero) is 2. The normalized spacial score (nSPS) is 9.62. The number of hydrogen-bond donors (Lipinski definition) is 0. The minimum absolute atomic E-state index is 0.0195. The van der Waals surface area contributed by atoms with Crippen LogP contribution in [0.2, 0.25) is 0 Å². The van der Waals surface area contributed by atoms with Gasteiger partial charge in [-0.3, -0.25) is 9.59 Å². The van der Waals surface area contributed by atoms with Crippen molar-refractivity contribution < 1.29 is 18.7 Å². The van der Waals surface area contributed by atoms with Gasteiger partial charge in [-0.1, -0.05) is 13.2 Å². The molecule has 1 heterocycles. The average Bonchev–Trinajstić information content (AvgIpc) is 2.61. The Labute approximate surface area is 93.2 Å². The lowest BCUT2D eigenvalue weighted by atomic mass is 10.2.